The Morgan fingerprint density at radius 1 is 1.33 bits per heavy atom. The molecule has 1 amide bonds. The zero-order chi connectivity index (χ0) is 19.4. The highest BCUT2D eigenvalue weighted by Crippen LogP contribution is 2.33. The molecule has 0 radical (unpaired) electrons. The van der Waals surface area contributed by atoms with Crippen molar-refractivity contribution in [3.63, 3.8) is 0 Å². The topological polar surface area (TPSA) is 108 Å². The fourth-order valence-corrected chi connectivity index (χ4v) is 3.35. The molecule has 3 rings (SSSR count). The minimum absolute atomic E-state index is 0.316. The summed E-state index contributed by atoms with van der Waals surface area (Å²) < 4.78 is 11.4. The highest BCUT2D eigenvalue weighted by molar-refractivity contribution is 6.07. The minimum atomic E-state index is -0.388. The Bertz CT molecular complexity index is 826. The molecule has 8 heteroatoms. The van der Waals surface area contributed by atoms with Crippen LogP contribution in [0.15, 0.2) is 18.2 Å². The SMILES string of the molecule is COc1ccc(OCCCN2CCCC2)c2[nH]c(C(=O)N(C)C(=N)N)cc12. The van der Waals surface area contributed by atoms with Gasteiger partial charge in [-0.1, -0.05) is 0 Å². The van der Waals surface area contributed by atoms with E-state index < -0.39 is 0 Å². The van der Waals surface area contributed by atoms with E-state index >= 15 is 0 Å². The van der Waals surface area contributed by atoms with E-state index in [1.807, 2.05) is 12.1 Å². The molecule has 8 nitrogen and oxygen atoms in total. The summed E-state index contributed by atoms with van der Waals surface area (Å²) in [6.07, 6.45) is 3.52. The van der Waals surface area contributed by atoms with Crippen LogP contribution in [0.1, 0.15) is 29.8 Å². The van der Waals surface area contributed by atoms with Gasteiger partial charge < -0.3 is 25.1 Å². The van der Waals surface area contributed by atoms with Crippen molar-refractivity contribution in [1.29, 1.82) is 5.41 Å². The normalized spacial score (nSPS) is 14.4. The van der Waals surface area contributed by atoms with Crippen LogP contribution in [-0.4, -0.2) is 67.0 Å². The first-order chi connectivity index (χ1) is 13.0. The molecule has 1 aliphatic rings. The number of rotatable bonds is 7. The van der Waals surface area contributed by atoms with Gasteiger partial charge in [-0.15, -0.1) is 0 Å². The standard InChI is InChI=1S/C19H27N5O3/c1-23(19(20)21)18(25)14-12-13-15(26-2)6-7-16(17(13)22-14)27-11-5-10-24-8-3-4-9-24/h6-7,12,22H,3-5,8-11H2,1-2H3,(H3,20,21). The molecule has 1 aromatic heterocycles. The Labute approximate surface area is 158 Å². The van der Waals surface area contributed by atoms with Crippen molar-refractivity contribution in [2.45, 2.75) is 19.3 Å². The molecule has 1 fully saturated rings. The molecule has 1 saturated heterocycles. The Balaban J connectivity index is 1.76. The first-order valence-corrected chi connectivity index (χ1v) is 9.18. The fourth-order valence-electron chi connectivity index (χ4n) is 3.35. The number of carbonyl (C=O) groups excluding carboxylic acids is 1. The second kappa shape index (κ2) is 8.30. The number of hydrogen-bond donors (Lipinski definition) is 3. The summed E-state index contributed by atoms with van der Waals surface area (Å²) in [4.78, 5) is 19.1. The summed E-state index contributed by atoms with van der Waals surface area (Å²) in [5, 5.41) is 8.19. The predicted octanol–water partition coefficient (Wildman–Crippen LogP) is 2.01. The van der Waals surface area contributed by atoms with Crippen LogP contribution in [0.2, 0.25) is 0 Å². The molecule has 1 aromatic carbocycles. The molecule has 0 saturated carbocycles. The smallest absolute Gasteiger partial charge is 0.276 e. The van der Waals surface area contributed by atoms with E-state index in [0.29, 0.717) is 29.3 Å². The van der Waals surface area contributed by atoms with Crippen LogP contribution >= 0.6 is 0 Å². The summed E-state index contributed by atoms with van der Waals surface area (Å²) in [7, 11) is 3.05. The van der Waals surface area contributed by atoms with Crippen LogP contribution in [0, 0.1) is 5.41 Å². The molecule has 2 aromatic rings. The first kappa shape index (κ1) is 19.0. The number of fused-ring (bicyclic) bond motifs is 1. The number of likely N-dealkylation sites (tertiary alicyclic amines) is 1. The van der Waals surface area contributed by atoms with Gasteiger partial charge in [0.05, 0.1) is 19.2 Å². The van der Waals surface area contributed by atoms with Gasteiger partial charge in [0.15, 0.2) is 5.96 Å². The lowest BCUT2D eigenvalue weighted by Gasteiger charge is -2.15. The molecule has 0 atom stereocenters. The third-order valence-electron chi connectivity index (χ3n) is 4.91. The van der Waals surface area contributed by atoms with Crippen molar-refractivity contribution in [1.82, 2.24) is 14.8 Å². The molecule has 4 N–H and O–H groups in total. The number of nitrogens with zero attached hydrogens (tertiary/aromatic N) is 2. The number of nitrogens with one attached hydrogen (secondary N) is 2. The number of aromatic amines is 1. The minimum Gasteiger partial charge on any atom is -0.496 e. The lowest BCUT2D eigenvalue weighted by molar-refractivity contribution is 0.0864. The van der Waals surface area contributed by atoms with Crippen molar-refractivity contribution in [3.05, 3.63) is 23.9 Å². The summed E-state index contributed by atoms with van der Waals surface area (Å²) in [6.45, 7) is 4.00. The molecule has 0 unspecified atom stereocenters. The van der Waals surface area contributed by atoms with Gasteiger partial charge in [0.1, 0.15) is 17.2 Å². The van der Waals surface area contributed by atoms with E-state index in [1.165, 1.54) is 33.0 Å². The zero-order valence-electron chi connectivity index (χ0n) is 15.9. The zero-order valence-corrected chi connectivity index (χ0v) is 15.9. The van der Waals surface area contributed by atoms with Crippen molar-refractivity contribution in [2.24, 2.45) is 5.73 Å². The van der Waals surface area contributed by atoms with Crippen molar-refractivity contribution < 1.29 is 14.3 Å². The van der Waals surface area contributed by atoms with Gasteiger partial charge in [-0.3, -0.25) is 15.1 Å². The maximum absolute atomic E-state index is 12.5. The van der Waals surface area contributed by atoms with Gasteiger partial charge in [-0.25, -0.2) is 0 Å². The van der Waals surface area contributed by atoms with Crippen molar-refractivity contribution in [3.8, 4) is 11.5 Å². The van der Waals surface area contributed by atoms with E-state index in [-0.39, 0.29) is 11.9 Å². The van der Waals surface area contributed by atoms with Crippen molar-refractivity contribution >= 4 is 22.8 Å². The Kier molecular flexibility index (Phi) is 5.85. The summed E-state index contributed by atoms with van der Waals surface area (Å²) >= 11 is 0. The largest absolute Gasteiger partial charge is 0.496 e. The van der Waals surface area contributed by atoms with Crippen LogP contribution in [0.5, 0.6) is 11.5 Å². The van der Waals surface area contributed by atoms with Crippen LogP contribution in [0.4, 0.5) is 0 Å². The van der Waals surface area contributed by atoms with Crippen LogP contribution in [-0.2, 0) is 0 Å². The van der Waals surface area contributed by atoms with Crippen LogP contribution < -0.4 is 15.2 Å². The lowest BCUT2D eigenvalue weighted by Crippen LogP contribution is -2.38. The Hall–Kier alpha value is -2.74. The Morgan fingerprint density at radius 2 is 2.04 bits per heavy atom. The summed E-state index contributed by atoms with van der Waals surface area (Å²) in [6, 6.07) is 5.37. The molecule has 27 heavy (non-hydrogen) atoms. The molecular weight excluding hydrogens is 346 g/mol. The third-order valence-corrected chi connectivity index (χ3v) is 4.91. The molecule has 146 valence electrons. The average Bonchev–Trinajstić information content (AvgIpc) is 3.33. The quantitative estimate of drug-likeness (QED) is 0.391. The van der Waals surface area contributed by atoms with Crippen LogP contribution in [0.25, 0.3) is 10.9 Å². The highest BCUT2D eigenvalue weighted by Gasteiger charge is 2.19. The fraction of sp³-hybridized carbons (Fsp3) is 0.474. The number of nitrogens with two attached hydrogens (primary N) is 1. The average molecular weight is 373 g/mol. The molecule has 0 aliphatic carbocycles. The number of hydrogen-bond acceptors (Lipinski definition) is 5. The molecular formula is C19H27N5O3. The first-order valence-electron chi connectivity index (χ1n) is 9.18. The number of carbonyl (C=O) groups is 1. The van der Waals surface area contributed by atoms with E-state index in [4.69, 9.17) is 20.6 Å². The number of benzene rings is 1. The van der Waals surface area contributed by atoms with Gasteiger partial charge in [-0.05, 0) is 50.6 Å². The molecule has 0 bridgehead atoms. The second-order valence-electron chi connectivity index (χ2n) is 6.74. The number of H-pyrrole nitrogens is 1. The number of amides is 1. The number of ether oxygens (including phenoxy) is 2. The highest BCUT2D eigenvalue weighted by atomic mass is 16.5. The Morgan fingerprint density at radius 3 is 2.70 bits per heavy atom. The lowest BCUT2D eigenvalue weighted by atomic mass is 10.2. The molecule has 1 aliphatic heterocycles. The maximum atomic E-state index is 12.5. The molecule has 2 heterocycles. The summed E-state index contributed by atoms with van der Waals surface area (Å²) in [5.74, 6) is 0.622. The number of methoxy groups -OCH3 is 1. The van der Waals surface area contributed by atoms with Gasteiger partial charge in [0, 0.05) is 19.0 Å². The summed E-state index contributed by atoms with van der Waals surface area (Å²) in [5.41, 5.74) is 6.44. The van der Waals surface area contributed by atoms with E-state index in [1.54, 1.807) is 13.2 Å². The van der Waals surface area contributed by atoms with Crippen molar-refractivity contribution in [2.75, 3.05) is 40.4 Å². The van der Waals surface area contributed by atoms with Gasteiger partial charge >= 0.3 is 0 Å². The molecule has 0 spiro atoms. The van der Waals surface area contributed by atoms with E-state index in [9.17, 15) is 4.79 Å². The van der Waals surface area contributed by atoms with Gasteiger partial charge in [0.2, 0.25) is 0 Å². The second-order valence-corrected chi connectivity index (χ2v) is 6.74. The number of guanidine groups is 1. The van der Waals surface area contributed by atoms with Crippen LogP contribution in [0.3, 0.4) is 0 Å². The van der Waals surface area contributed by atoms with E-state index in [2.05, 4.69) is 9.88 Å². The van der Waals surface area contributed by atoms with Gasteiger partial charge in [-0.2, -0.15) is 0 Å². The predicted molar refractivity (Wildman–Crippen MR) is 105 cm³/mol. The monoisotopic (exact) mass is 373 g/mol. The third kappa shape index (κ3) is 4.16. The maximum Gasteiger partial charge on any atom is 0.276 e. The van der Waals surface area contributed by atoms with Gasteiger partial charge in [0.25, 0.3) is 5.91 Å². The number of aromatic nitrogens is 1. The van der Waals surface area contributed by atoms with E-state index in [0.717, 1.165) is 23.3 Å².